The number of hydrogen-bond donors (Lipinski definition) is 0. The molecule has 0 N–H and O–H groups in total. The summed E-state index contributed by atoms with van der Waals surface area (Å²) in [4.78, 5) is 43.7. The molecule has 2 aromatic rings. The predicted molar refractivity (Wildman–Crippen MR) is 105 cm³/mol. The van der Waals surface area contributed by atoms with Crippen molar-refractivity contribution in [3.63, 3.8) is 0 Å². The minimum atomic E-state index is -4.60. The number of anilines is 1. The van der Waals surface area contributed by atoms with E-state index in [0.717, 1.165) is 10.6 Å². The van der Waals surface area contributed by atoms with Crippen LogP contribution in [0.25, 0.3) is 0 Å². The standard InChI is InChI=1S/C20H21F3N4O4/c1-2-31-19(30)14-3-5-16(24-11-14)25-7-9-26(10-8-25)18(29)13-27-12-15(20(21,22)23)4-6-17(27)28/h3-6,11-12H,2,7-10,13H2,1H3. The monoisotopic (exact) mass is 438 g/mol. The van der Waals surface area contributed by atoms with Crippen LogP contribution in [0.5, 0.6) is 0 Å². The second-order valence-electron chi connectivity index (χ2n) is 6.88. The molecule has 1 aliphatic rings. The molecule has 0 atom stereocenters. The molecule has 8 nitrogen and oxygen atoms in total. The number of amides is 1. The summed E-state index contributed by atoms with van der Waals surface area (Å²) in [7, 11) is 0. The van der Waals surface area contributed by atoms with E-state index in [0.29, 0.717) is 49.8 Å². The van der Waals surface area contributed by atoms with Crippen molar-refractivity contribution in [1.82, 2.24) is 14.5 Å². The van der Waals surface area contributed by atoms with Crippen molar-refractivity contribution in [2.24, 2.45) is 0 Å². The molecule has 0 radical (unpaired) electrons. The molecule has 3 rings (SSSR count). The van der Waals surface area contributed by atoms with E-state index >= 15 is 0 Å². The van der Waals surface area contributed by atoms with Crippen LogP contribution in [0.1, 0.15) is 22.8 Å². The number of piperazine rings is 1. The van der Waals surface area contributed by atoms with Gasteiger partial charge in [-0.3, -0.25) is 9.59 Å². The van der Waals surface area contributed by atoms with Crippen molar-refractivity contribution < 1.29 is 27.5 Å². The lowest BCUT2D eigenvalue weighted by Gasteiger charge is -2.35. The van der Waals surface area contributed by atoms with Gasteiger partial charge in [0.1, 0.15) is 12.4 Å². The summed E-state index contributed by atoms with van der Waals surface area (Å²) in [5, 5.41) is 0. The number of carbonyl (C=O) groups excluding carboxylic acids is 2. The Hall–Kier alpha value is -3.37. The zero-order valence-electron chi connectivity index (χ0n) is 16.8. The molecule has 0 bridgehead atoms. The van der Waals surface area contributed by atoms with Crippen LogP contribution in [-0.2, 0) is 22.3 Å². The van der Waals surface area contributed by atoms with Gasteiger partial charge in [0.25, 0.3) is 5.56 Å². The van der Waals surface area contributed by atoms with Gasteiger partial charge in [-0.05, 0) is 25.1 Å². The molecule has 0 saturated carbocycles. The third kappa shape index (κ3) is 5.41. The van der Waals surface area contributed by atoms with Crippen LogP contribution in [0, 0.1) is 0 Å². The summed E-state index contributed by atoms with van der Waals surface area (Å²) in [6.45, 7) is 3.08. The van der Waals surface area contributed by atoms with Gasteiger partial charge in [-0.2, -0.15) is 13.2 Å². The summed E-state index contributed by atoms with van der Waals surface area (Å²) in [5.74, 6) is -0.261. The van der Waals surface area contributed by atoms with Crippen LogP contribution in [0.3, 0.4) is 0 Å². The lowest BCUT2D eigenvalue weighted by molar-refractivity contribution is -0.138. The number of alkyl halides is 3. The Balaban J connectivity index is 1.59. The second-order valence-corrected chi connectivity index (χ2v) is 6.88. The van der Waals surface area contributed by atoms with Crippen molar-refractivity contribution in [1.29, 1.82) is 0 Å². The van der Waals surface area contributed by atoms with Gasteiger partial charge in [0.05, 0.1) is 17.7 Å². The molecule has 1 amide bonds. The molecule has 166 valence electrons. The van der Waals surface area contributed by atoms with E-state index in [1.807, 2.05) is 4.90 Å². The second kappa shape index (κ2) is 9.19. The summed E-state index contributed by atoms with van der Waals surface area (Å²) >= 11 is 0. The van der Waals surface area contributed by atoms with E-state index in [2.05, 4.69) is 4.98 Å². The van der Waals surface area contributed by atoms with E-state index in [1.54, 1.807) is 19.1 Å². The van der Waals surface area contributed by atoms with Gasteiger partial charge >= 0.3 is 12.1 Å². The average Bonchev–Trinajstić information content (AvgIpc) is 2.75. The smallest absolute Gasteiger partial charge is 0.417 e. The largest absolute Gasteiger partial charge is 0.462 e. The van der Waals surface area contributed by atoms with Gasteiger partial charge < -0.3 is 19.1 Å². The first-order valence-corrected chi connectivity index (χ1v) is 9.62. The fourth-order valence-corrected chi connectivity index (χ4v) is 3.16. The highest BCUT2D eigenvalue weighted by Gasteiger charge is 2.31. The Bertz CT molecular complexity index is 997. The fraction of sp³-hybridized carbons (Fsp3) is 0.400. The number of halogens is 3. The number of carbonyl (C=O) groups is 2. The van der Waals surface area contributed by atoms with Crippen LogP contribution in [0.4, 0.5) is 19.0 Å². The molecule has 1 saturated heterocycles. The molecular formula is C20H21F3N4O4. The summed E-state index contributed by atoms with van der Waals surface area (Å²) < 4.78 is 44.3. The van der Waals surface area contributed by atoms with E-state index < -0.39 is 35.7 Å². The normalized spacial score (nSPS) is 14.5. The van der Waals surface area contributed by atoms with E-state index in [9.17, 15) is 27.6 Å². The first-order valence-electron chi connectivity index (χ1n) is 9.62. The average molecular weight is 438 g/mol. The van der Waals surface area contributed by atoms with Crippen molar-refractivity contribution in [3.05, 3.63) is 58.1 Å². The van der Waals surface area contributed by atoms with Crippen molar-refractivity contribution in [2.45, 2.75) is 19.6 Å². The molecule has 1 fully saturated rings. The van der Waals surface area contributed by atoms with Gasteiger partial charge in [0.2, 0.25) is 5.91 Å². The van der Waals surface area contributed by atoms with Crippen LogP contribution in [-0.4, -0.2) is 59.1 Å². The van der Waals surface area contributed by atoms with Crippen LogP contribution in [0.15, 0.2) is 41.5 Å². The quantitative estimate of drug-likeness (QED) is 0.662. The SMILES string of the molecule is CCOC(=O)c1ccc(N2CCN(C(=O)Cn3cc(C(F)(F)F)ccc3=O)CC2)nc1. The van der Waals surface area contributed by atoms with E-state index in [4.69, 9.17) is 4.74 Å². The maximum atomic E-state index is 12.9. The zero-order valence-corrected chi connectivity index (χ0v) is 16.8. The molecule has 11 heteroatoms. The van der Waals surface area contributed by atoms with Crippen molar-refractivity contribution >= 4 is 17.7 Å². The van der Waals surface area contributed by atoms with E-state index in [-0.39, 0.29) is 6.61 Å². The van der Waals surface area contributed by atoms with Crippen LogP contribution < -0.4 is 10.5 Å². The van der Waals surface area contributed by atoms with Gasteiger partial charge in [-0.1, -0.05) is 0 Å². The minimum Gasteiger partial charge on any atom is -0.462 e. The number of esters is 1. The molecular weight excluding hydrogens is 417 g/mol. The molecule has 2 aromatic heterocycles. The van der Waals surface area contributed by atoms with Gasteiger partial charge in [-0.25, -0.2) is 9.78 Å². The third-order valence-electron chi connectivity index (χ3n) is 4.83. The molecule has 0 unspecified atom stereocenters. The predicted octanol–water partition coefficient (Wildman–Crippen LogP) is 1.79. The lowest BCUT2D eigenvalue weighted by Crippen LogP contribution is -2.50. The summed E-state index contributed by atoms with van der Waals surface area (Å²) in [6.07, 6.45) is -2.52. The Morgan fingerprint density at radius 2 is 1.81 bits per heavy atom. The highest BCUT2D eigenvalue weighted by Crippen LogP contribution is 2.28. The van der Waals surface area contributed by atoms with Crippen LogP contribution >= 0.6 is 0 Å². The van der Waals surface area contributed by atoms with E-state index in [1.165, 1.54) is 11.1 Å². The Morgan fingerprint density at radius 3 is 2.39 bits per heavy atom. The molecule has 0 aliphatic carbocycles. The first-order chi connectivity index (χ1) is 14.7. The maximum Gasteiger partial charge on any atom is 0.417 e. The lowest BCUT2D eigenvalue weighted by atomic mass is 10.2. The highest BCUT2D eigenvalue weighted by molar-refractivity contribution is 5.89. The molecule has 3 heterocycles. The van der Waals surface area contributed by atoms with Crippen LogP contribution in [0.2, 0.25) is 0 Å². The van der Waals surface area contributed by atoms with Crippen molar-refractivity contribution in [2.75, 3.05) is 37.7 Å². The zero-order chi connectivity index (χ0) is 22.6. The number of ether oxygens (including phenoxy) is 1. The maximum absolute atomic E-state index is 12.9. The Morgan fingerprint density at radius 1 is 1.10 bits per heavy atom. The molecule has 31 heavy (non-hydrogen) atoms. The topological polar surface area (TPSA) is 84.7 Å². The molecule has 0 aromatic carbocycles. The highest BCUT2D eigenvalue weighted by atomic mass is 19.4. The number of pyridine rings is 2. The Kier molecular flexibility index (Phi) is 6.62. The minimum absolute atomic E-state index is 0.267. The molecule has 0 spiro atoms. The number of rotatable bonds is 5. The number of nitrogens with zero attached hydrogens (tertiary/aromatic N) is 4. The number of aromatic nitrogens is 2. The summed E-state index contributed by atoms with van der Waals surface area (Å²) in [6, 6.07) is 4.80. The third-order valence-corrected chi connectivity index (χ3v) is 4.83. The summed E-state index contributed by atoms with van der Waals surface area (Å²) in [5.41, 5.74) is -1.32. The van der Waals surface area contributed by atoms with Crippen molar-refractivity contribution in [3.8, 4) is 0 Å². The van der Waals surface area contributed by atoms with Gasteiger partial charge in [0, 0.05) is 44.6 Å². The fourth-order valence-electron chi connectivity index (χ4n) is 3.16. The van der Waals surface area contributed by atoms with Gasteiger partial charge in [0.15, 0.2) is 0 Å². The Labute approximate surface area is 175 Å². The van der Waals surface area contributed by atoms with Gasteiger partial charge in [-0.15, -0.1) is 0 Å². The molecule has 1 aliphatic heterocycles. The first kappa shape index (κ1) is 22.3. The number of hydrogen-bond acceptors (Lipinski definition) is 6.